The topological polar surface area (TPSA) is 26.3 Å². The van der Waals surface area contributed by atoms with E-state index in [0.717, 1.165) is 18.8 Å². The van der Waals surface area contributed by atoms with Gasteiger partial charge in [0.1, 0.15) is 5.60 Å². The Morgan fingerprint density at radius 1 is 1.53 bits per heavy atom. The summed E-state index contributed by atoms with van der Waals surface area (Å²) in [6, 6.07) is 0. The molecule has 0 N–H and O–H groups in total. The number of carbonyl (C=O) groups is 1. The van der Waals surface area contributed by atoms with Crippen LogP contribution >= 0.6 is 0 Å². The smallest absolute Gasteiger partial charge is 0.330 e. The molecule has 2 nitrogen and oxygen atoms in total. The second kappa shape index (κ2) is 5.34. The number of hydrogen-bond donors (Lipinski definition) is 0. The SMILES string of the molecule is C=CC(=O)OC1(C)CCC(CCC)CC1. The van der Waals surface area contributed by atoms with Crippen LogP contribution in [0.25, 0.3) is 0 Å². The zero-order chi connectivity index (χ0) is 11.3. The monoisotopic (exact) mass is 210 g/mol. The largest absolute Gasteiger partial charge is 0.456 e. The highest BCUT2D eigenvalue weighted by molar-refractivity contribution is 5.81. The van der Waals surface area contributed by atoms with Gasteiger partial charge in [0, 0.05) is 6.08 Å². The maximum Gasteiger partial charge on any atom is 0.330 e. The van der Waals surface area contributed by atoms with Gasteiger partial charge in [-0.3, -0.25) is 0 Å². The Morgan fingerprint density at radius 3 is 2.60 bits per heavy atom. The molecule has 15 heavy (non-hydrogen) atoms. The van der Waals surface area contributed by atoms with Crippen LogP contribution in [-0.4, -0.2) is 11.6 Å². The quantitative estimate of drug-likeness (QED) is 0.524. The first-order valence-electron chi connectivity index (χ1n) is 5.95. The first-order chi connectivity index (χ1) is 7.09. The van der Waals surface area contributed by atoms with Gasteiger partial charge in [0.15, 0.2) is 0 Å². The van der Waals surface area contributed by atoms with Gasteiger partial charge in [-0.1, -0.05) is 26.3 Å². The second-order valence-electron chi connectivity index (χ2n) is 4.81. The lowest BCUT2D eigenvalue weighted by Crippen LogP contribution is -2.35. The van der Waals surface area contributed by atoms with Gasteiger partial charge in [-0.2, -0.15) is 0 Å². The molecule has 1 fully saturated rings. The molecule has 2 heteroatoms. The van der Waals surface area contributed by atoms with Crippen LogP contribution in [0.5, 0.6) is 0 Å². The van der Waals surface area contributed by atoms with Crippen molar-refractivity contribution in [1.29, 1.82) is 0 Å². The van der Waals surface area contributed by atoms with E-state index < -0.39 is 0 Å². The van der Waals surface area contributed by atoms with Crippen LogP contribution in [0.3, 0.4) is 0 Å². The summed E-state index contributed by atoms with van der Waals surface area (Å²) in [6.07, 6.45) is 8.20. The van der Waals surface area contributed by atoms with Crippen LogP contribution in [0.2, 0.25) is 0 Å². The van der Waals surface area contributed by atoms with Crippen molar-refractivity contribution < 1.29 is 9.53 Å². The molecule has 0 spiro atoms. The van der Waals surface area contributed by atoms with Crippen molar-refractivity contribution in [3.8, 4) is 0 Å². The van der Waals surface area contributed by atoms with Gasteiger partial charge < -0.3 is 4.74 Å². The minimum absolute atomic E-state index is 0.241. The van der Waals surface area contributed by atoms with E-state index >= 15 is 0 Å². The lowest BCUT2D eigenvalue weighted by atomic mass is 9.78. The van der Waals surface area contributed by atoms with Crippen LogP contribution in [0.4, 0.5) is 0 Å². The summed E-state index contributed by atoms with van der Waals surface area (Å²) in [4.78, 5) is 11.2. The maximum absolute atomic E-state index is 11.2. The Hall–Kier alpha value is -0.790. The lowest BCUT2D eigenvalue weighted by Gasteiger charge is -2.36. The van der Waals surface area contributed by atoms with E-state index in [1.807, 2.05) is 6.92 Å². The lowest BCUT2D eigenvalue weighted by molar-refractivity contribution is -0.155. The minimum atomic E-state index is -0.286. The zero-order valence-electron chi connectivity index (χ0n) is 9.92. The molecule has 0 saturated heterocycles. The van der Waals surface area contributed by atoms with E-state index in [0.29, 0.717) is 0 Å². The standard InChI is InChI=1S/C13H22O2/c1-4-6-11-7-9-13(3,10-8-11)15-12(14)5-2/h5,11H,2,4,6-10H2,1,3H3. The minimum Gasteiger partial charge on any atom is -0.456 e. The third-order valence-electron chi connectivity index (χ3n) is 3.37. The first-order valence-corrected chi connectivity index (χ1v) is 5.95. The summed E-state index contributed by atoms with van der Waals surface area (Å²) in [5, 5.41) is 0. The number of carbonyl (C=O) groups excluding carboxylic acids is 1. The molecule has 86 valence electrons. The molecule has 1 aliphatic carbocycles. The fraction of sp³-hybridized carbons (Fsp3) is 0.769. The normalized spacial score (nSPS) is 30.9. The Bertz CT molecular complexity index is 225. The molecule has 0 aromatic rings. The average molecular weight is 210 g/mol. The van der Waals surface area contributed by atoms with Crippen molar-refractivity contribution in [1.82, 2.24) is 0 Å². The van der Waals surface area contributed by atoms with Gasteiger partial charge in [0.25, 0.3) is 0 Å². The predicted molar refractivity (Wildman–Crippen MR) is 61.6 cm³/mol. The fourth-order valence-corrected chi connectivity index (χ4v) is 2.37. The molecule has 0 heterocycles. The third kappa shape index (κ3) is 3.69. The molecule has 0 unspecified atom stereocenters. The third-order valence-corrected chi connectivity index (χ3v) is 3.37. The van der Waals surface area contributed by atoms with Gasteiger partial charge in [0.2, 0.25) is 0 Å². The van der Waals surface area contributed by atoms with E-state index in [9.17, 15) is 4.79 Å². The van der Waals surface area contributed by atoms with Crippen LogP contribution in [0.1, 0.15) is 52.4 Å². The highest BCUT2D eigenvalue weighted by Gasteiger charge is 2.33. The molecule has 0 atom stereocenters. The molecule has 1 aliphatic rings. The molecule has 0 amide bonds. The summed E-state index contributed by atoms with van der Waals surface area (Å²) >= 11 is 0. The highest BCUT2D eigenvalue weighted by atomic mass is 16.6. The van der Waals surface area contributed by atoms with E-state index in [4.69, 9.17) is 4.74 Å². The van der Waals surface area contributed by atoms with Crippen molar-refractivity contribution in [3.05, 3.63) is 12.7 Å². The number of ether oxygens (including phenoxy) is 1. The van der Waals surface area contributed by atoms with Crippen LogP contribution in [0, 0.1) is 5.92 Å². The van der Waals surface area contributed by atoms with E-state index in [1.165, 1.54) is 31.8 Å². The van der Waals surface area contributed by atoms with Crippen molar-refractivity contribution in [2.24, 2.45) is 5.92 Å². The number of esters is 1. The summed E-state index contributed by atoms with van der Waals surface area (Å²) in [6.45, 7) is 7.69. The van der Waals surface area contributed by atoms with E-state index in [2.05, 4.69) is 13.5 Å². The molecular weight excluding hydrogens is 188 g/mol. The van der Waals surface area contributed by atoms with Gasteiger partial charge in [-0.05, 0) is 38.5 Å². The number of hydrogen-bond acceptors (Lipinski definition) is 2. The maximum atomic E-state index is 11.2. The molecule has 1 rings (SSSR count). The summed E-state index contributed by atoms with van der Waals surface area (Å²) in [5.74, 6) is 0.553. The highest BCUT2D eigenvalue weighted by Crippen LogP contribution is 2.36. The van der Waals surface area contributed by atoms with Crippen molar-refractivity contribution >= 4 is 5.97 Å². The molecule has 1 saturated carbocycles. The van der Waals surface area contributed by atoms with Crippen molar-refractivity contribution in [2.75, 3.05) is 0 Å². The molecule has 0 radical (unpaired) electrons. The average Bonchev–Trinajstić information content (AvgIpc) is 2.22. The first kappa shape index (κ1) is 12.3. The van der Waals surface area contributed by atoms with Crippen LogP contribution in [0.15, 0.2) is 12.7 Å². The van der Waals surface area contributed by atoms with Crippen LogP contribution in [-0.2, 0) is 9.53 Å². The van der Waals surface area contributed by atoms with E-state index in [-0.39, 0.29) is 11.6 Å². The van der Waals surface area contributed by atoms with E-state index in [1.54, 1.807) is 0 Å². The Balaban J connectivity index is 2.40. The summed E-state index contributed by atoms with van der Waals surface area (Å²) < 4.78 is 5.40. The van der Waals surface area contributed by atoms with Gasteiger partial charge in [-0.25, -0.2) is 4.79 Å². The predicted octanol–water partition coefficient (Wildman–Crippen LogP) is 3.46. The Kier molecular flexibility index (Phi) is 4.37. The van der Waals surface area contributed by atoms with Gasteiger partial charge >= 0.3 is 5.97 Å². The van der Waals surface area contributed by atoms with Crippen molar-refractivity contribution in [2.45, 2.75) is 58.0 Å². The van der Waals surface area contributed by atoms with Crippen molar-refractivity contribution in [3.63, 3.8) is 0 Å². The molecule has 0 bridgehead atoms. The molecular formula is C13H22O2. The Morgan fingerprint density at radius 2 is 2.13 bits per heavy atom. The van der Waals surface area contributed by atoms with Gasteiger partial charge in [-0.15, -0.1) is 0 Å². The number of rotatable bonds is 4. The summed E-state index contributed by atoms with van der Waals surface area (Å²) in [5.41, 5.74) is -0.241. The van der Waals surface area contributed by atoms with Gasteiger partial charge in [0.05, 0.1) is 0 Å². The summed E-state index contributed by atoms with van der Waals surface area (Å²) in [7, 11) is 0. The molecule has 0 aliphatic heterocycles. The zero-order valence-corrected chi connectivity index (χ0v) is 9.92. The second-order valence-corrected chi connectivity index (χ2v) is 4.81. The molecule has 0 aromatic heterocycles. The Labute approximate surface area is 92.7 Å². The fourth-order valence-electron chi connectivity index (χ4n) is 2.37. The molecule has 0 aromatic carbocycles. The van der Waals surface area contributed by atoms with Crippen LogP contribution < -0.4 is 0 Å².